The van der Waals surface area contributed by atoms with Crippen LogP contribution in [0.3, 0.4) is 0 Å². The number of anilines is 1. The molecule has 1 aromatic heterocycles. The molecule has 3 atom stereocenters. The van der Waals surface area contributed by atoms with Gasteiger partial charge in [0.2, 0.25) is 0 Å². The van der Waals surface area contributed by atoms with Crippen molar-refractivity contribution >= 4 is 17.4 Å². The van der Waals surface area contributed by atoms with Gasteiger partial charge in [0, 0.05) is 31.3 Å². The van der Waals surface area contributed by atoms with Crippen molar-refractivity contribution in [3.8, 4) is 6.07 Å². The van der Waals surface area contributed by atoms with Crippen LogP contribution >= 0.6 is 11.6 Å². The third-order valence-electron chi connectivity index (χ3n) is 4.80. The zero-order chi connectivity index (χ0) is 15.7. The van der Waals surface area contributed by atoms with Crippen molar-refractivity contribution in [3.63, 3.8) is 0 Å². The summed E-state index contributed by atoms with van der Waals surface area (Å²) in [6.45, 7) is 3.87. The van der Waals surface area contributed by atoms with E-state index in [4.69, 9.17) is 16.3 Å². The number of hydrogen-bond acceptors (Lipinski definition) is 5. The first kappa shape index (κ1) is 15.5. The lowest BCUT2D eigenvalue weighted by Gasteiger charge is -2.37. The zero-order valence-electron chi connectivity index (χ0n) is 12.6. The summed E-state index contributed by atoms with van der Waals surface area (Å²) in [6, 6.07) is 2.40. The molecule has 0 radical (unpaired) electrons. The lowest BCUT2D eigenvalue weighted by Crippen LogP contribution is -2.46. The van der Waals surface area contributed by atoms with E-state index in [0.29, 0.717) is 36.0 Å². The van der Waals surface area contributed by atoms with E-state index in [1.807, 2.05) is 6.92 Å². The summed E-state index contributed by atoms with van der Waals surface area (Å²) < 4.78 is 5.56. The number of ether oxygens (including phenoxy) is 1. The highest BCUT2D eigenvalue weighted by atomic mass is 35.5. The van der Waals surface area contributed by atoms with Gasteiger partial charge in [0.25, 0.3) is 0 Å². The van der Waals surface area contributed by atoms with E-state index in [0.717, 1.165) is 24.9 Å². The predicted octanol–water partition coefficient (Wildman–Crippen LogP) is 2.28. The Morgan fingerprint density at radius 1 is 1.50 bits per heavy atom. The smallest absolute Gasteiger partial charge is 0.147 e. The van der Waals surface area contributed by atoms with Crippen LogP contribution in [0, 0.1) is 24.2 Å². The molecule has 0 saturated carbocycles. The monoisotopic (exact) mass is 321 g/mol. The van der Waals surface area contributed by atoms with Crippen molar-refractivity contribution in [3.05, 3.63) is 22.3 Å². The molecule has 1 aromatic rings. The fourth-order valence-electron chi connectivity index (χ4n) is 3.53. The number of pyridine rings is 1. The van der Waals surface area contributed by atoms with Crippen LogP contribution in [0.15, 0.2) is 6.20 Å². The quantitative estimate of drug-likeness (QED) is 0.905. The first-order valence-electron chi connectivity index (χ1n) is 7.71. The molecule has 2 fully saturated rings. The van der Waals surface area contributed by atoms with Gasteiger partial charge in [-0.15, -0.1) is 0 Å². The Balaban J connectivity index is 1.94. The zero-order valence-corrected chi connectivity index (χ0v) is 13.4. The fourth-order valence-corrected chi connectivity index (χ4v) is 3.68. The SMILES string of the molecule is Cc1c(Cl)cnc(N2CCC[C@@H]2[C@H]2COCC[C@H]2O)c1C#N. The van der Waals surface area contributed by atoms with Gasteiger partial charge in [-0.2, -0.15) is 5.26 Å². The van der Waals surface area contributed by atoms with Crippen LogP contribution in [0.25, 0.3) is 0 Å². The molecule has 2 aliphatic rings. The van der Waals surface area contributed by atoms with E-state index in [2.05, 4.69) is 16.0 Å². The highest BCUT2D eigenvalue weighted by Crippen LogP contribution is 2.35. The molecule has 118 valence electrons. The van der Waals surface area contributed by atoms with Crippen LogP contribution < -0.4 is 4.90 Å². The van der Waals surface area contributed by atoms with Crippen LogP contribution in [-0.2, 0) is 4.74 Å². The second-order valence-electron chi connectivity index (χ2n) is 6.04. The predicted molar refractivity (Wildman–Crippen MR) is 84.0 cm³/mol. The Hall–Kier alpha value is -1.35. The van der Waals surface area contributed by atoms with Gasteiger partial charge in [0.1, 0.15) is 11.9 Å². The Labute approximate surface area is 135 Å². The topological polar surface area (TPSA) is 69.4 Å². The van der Waals surface area contributed by atoms with E-state index in [1.165, 1.54) is 0 Å². The van der Waals surface area contributed by atoms with Gasteiger partial charge in [0.15, 0.2) is 0 Å². The molecule has 2 saturated heterocycles. The molecule has 0 bridgehead atoms. The van der Waals surface area contributed by atoms with E-state index >= 15 is 0 Å². The van der Waals surface area contributed by atoms with Crippen LogP contribution in [0.5, 0.6) is 0 Å². The summed E-state index contributed by atoms with van der Waals surface area (Å²) in [5.41, 5.74) is 1.30. The third-order valence-corrected chi connectivity index (χ3v) is 5.18. The lowest BCUT2D eigenvalue weighted by molar-refractivity contribution is -0.0438. The summed E-state index contributed by atoms with van der Waals surface area (Å²) in [4.78, 5) is 6.57. The fraction of sp³-hybridized carbons (Fsp3) is 0.625. The van der Waals surface area contributed by atoms with Crippen molar-refractivity contribution in [1.29, 1.82) is 5.26 Å². The standard InChI is InChI=1S/C16H20ClN3O2/c1-10-11(7-18)16(19-8-13(10)17)20-5-2-3-14(20)12-9-22-6-4-15(12)21/h8,12,14-15,21H,2-6,9H2,1H3/t12-,14-,15-/m1/s1. The van der Waals surface area contributed by atoms with Crippen LogP contribution in [0.2, 0.25) is 5.02 Å². The highest BCUT2D eigenvalue weighted by molar-refractivity contribution is 6.31. The molecule has 3 heterocycles. The molecule has 1 N–H and O–H groups in total. The Bertz CT molecular complexity index is 602. The molecule has 0 spiro atoms. The molecule has 2 aliphatic heterocycles. The van der Waals surface area contributed by atoms with Crippen LogP contribution in [-0.4, -0.2) is 42.0 Å². The summed E-state index contributed by atoms with van der Waals surface area (Å²) in [6.07, 6.45) is 3.95. The van der Waals surface area contributed by atoms with E-state index in [9.17, 15) is 10.4 Å². The number of aliphatic hydroxyl groups excluding tert-OH is 1. The van der Waals surface area contributed by atoms with E-state index < -0.39 is 0 Å². The maximum atomic E-state index is 10.3. The number of rotatable bonds is 2. The maximum Gasteiger partial charge on any atom is 0.147 e. The van der Waals surface area contributed by atoms with Crippen molar-refractivity contribution < 1.29 is 9.84 Å². The molecular formula is C16H20ClN3O2. The molecular weight excluding hydrogens is 302 g/mol. The molecule has 22 heavy (non-hydrogen) atoms. The minimum Gasteiger partial charge on any atom is -0.393 e. The van der Waals surface area contributed by atoms with Crippen LogP contribution in [0.4, 0.5) is 5.82 Å². The molecule has 0 aromatic carbocycles. The molecule has 0 aliphatic carbocycles. The first-order valence-corrected chi connectivity index (χ1v) is 8.09. The van der Waals surface area contributed by atoms with Gasteiger partial charge in [-0.25, -0.2) is 4.98 Å². The number of hydrogen-bond donors (Lipinski definition) is 1. The highest BCUT2D eigenvalue weighted by Gasteiger charge is 2.39. The van der Waals surface area contributed by atoms with Gasteiger partial charge in [-0.05, 0) is 31.7 Å². The Morgan fingerprint density at radius 2 is 2.32 bits per heavy atom. The molecule has 5 nitrogen and oxygen atoms in total. The van der Waals surface area contributed by atoms with Crippen molar-refractivity contribution in [2.75, 3.05) is 24.7 Å². The van der Waals surface area contributed by atoms with Gasteiger partial charge >= 0.3 is 0 Å². The minimum atomic E-state index is -0.349. The van der Waals surface area contributed by atoms with Gasteiger partial charge in [0.05, 0.1) is 23.3 Å². The van der Waals surface area contributed by atoms with Gasteiger partial charge in [-0.1, -0.05) is 11.6 Å². The molecule has 0 unspecified atom stereocenters. The third kappa shape index (κ3) is 2.67. The second kappa shape index (κ2) is 6.41. The van der Waals surface area contributed by atoms with Crippen LogP contribution in [0.1, 0.15) is 30.4 Å². The molecule has 0 amide bonds. The number of aromatic nitrogens is 1. The minimum absolute atomic E-state index is 0.0700. The van der Waals surface area contributed by atoms with Crippen molar-refractivity contribution in [2.24, 2.45) is 5.92 Å². The number of nitrogens with zero attached hydrogens (tertiary/aromatic N) is 3. The average Bonchev–Trinajstić information content (AvgIpc) is 2.99. The maximum absolute atomic E-state index is 10.3. The van der Waals surface area contributed by atoms with Crippen molar-refractivity contribution in [2.45, 2.75) is 38.3 Å². The normalized spacial score (nSPS) is 28.6. The number of halogens is 1. The first-order chi connectivity index (χ1) is 10.6. The van der Waals surface area contributed by atoms with E-state index in [1.54, 1.807) is 6.20 Å². The van der Waals surface area contributed by atoms with Crippen molar-refractivity contribution in [1.82, 2.24) is 4.98 Å². The summed E-state index contributed by atoms with van der Waals surface area (Å²) in [5.74, 6) is 0.755. The van der Waals surface area contributed by atoms with Gasteiger partial charge < -0.3 is 14.7 Å². The molecule has 3 rings (SSSR count). The number of aliphatic hydroxyl groups is 1. The molecule has 6 heteroatoms. The Kier molecular flexibility index (Phi) is 4.53. The summed E-state index contributed by atoms with van der Waals surface area (Å²) in [5, 5.41) is 20.3. The summed E-state index contributed by atoms with van der Waals surface area (Å²) in [7, 11) is 0. The lowest BCUT2D eigenvalue weighted by atomic mass is 9.89. The largest absolute Gasteiger partial charge is 0.393 e. The number of nitriles is 1. The Morgan fingerprint density at radius 3 is 3.05 bits per heavy atom. The second-order valence-corrected chi connectivity index (χ2v) is 6.45. The van der Waals surface area contributed by atoms with Gasteiger partial charge in [-0.3, -0.25) is 0 Å². The average molecular weight is 322 g/mol. The summed E-state index contributed by atoms with van der Waals surface area (Å²) >= 11 is 6.09. The van der Waals surface area contributed by atoms with E-state index in [-0.39, 0.29) is 18.1 Å².